The summed E-state index contributed by atoms with van der Waals surface area (Å²) in [5.74, 6) is 0.956. The lowest BCUT2D eigenvalue weighted by atomic mass is 9.75. The molecule has 1 N–H and O–H groups in total. The molecule has 0 saturated heterocycles. The molecule has 0 amide bonds. The molecule has 0 bridgehead atoms. The summed E-state index contributed by atoms with van der Waals surface area (Å²) >= 11 is 6.96. The second-order valence-electron chi connectivity index (χ2n) is 5.57. The molecular weight excluding hydrogens is 344 g/mol. The molecule has 0 unspecified atom stereocenters. The topological polar surface area (TPSA) is 24.9 Å². The van der Waals surface area contributed by atoms with Crippen molar-refractivity contribution in [3.8, 4) is 0 Å². The summed E-state index contributed by atoms with van der Waals surface area (Å²) < 4.78 is 2.02. The molecule has 0 spiro atoms. The van der Waals surface area contributed by atoms with E-state index in [1.165, 1.54) is 25.7 Å². The van der Waals surface area contributed by atoms with Crippen molar-refractivity contribution in [3.63, 3.8) is 0 Å². The third kappa shape index (κ3) is 3.68. The number of pyridine rings is 1. The number of anilines is 1. The zero-order valence-corrected chi connectivity index (χ0v) is 13.4. The average molecular weight is 362 g/mol. The van der Waals surface area contributed by atoms with Gasteiger partial charge in [-0.25, -0.2) is 4.98 Å². The van der Waals surface area contributed by atoms with Crippen LogP contribution in [0.1, 0.15) is 39.5 Å². The Morgan fingerprint density at radius 3 is 2.53 bits per heavy atom. The van der Waals surface area contributed by atoms with Gasteiger partial charge in [0.15, 0.2) is 0 Å². The van der Waals surface area contributed by atoms with Crippen LogP contribution in [0.4, 0.5) is 5.82 Å². The molecule has 1 aliphatic carbocycles. The molecule has 0 radical (unpaired) electrons. The highest BCUT2D eigenvalue weighted by Gasteiger charge is 2.27. The second kappa shape index (κ2) is 5.27. The van der Waals surface area contributed by atoms with Gasteiger partial charge in [-0.15, -0.1) is 0 Å². The van der Waals surface area contributed by atoms with Gasteiger partial charge >= 0.3 is 0 Å². The Hall–Kier alpha value is -0.0900. The molecule has 1 aromatic rings. The van der Waals surface area contributed by atoms with Gasteiger partial charge in [-0.2, -0.15) is 0 Å². The minimum absolute atomic E-state index is 0.516. The van der Waals surface area contributed by atoms with Gasteiger partial charge in [0.1, 0.15) is 5.82 Å². The molecule has 2 nitrogen and oxygen atoms in total. The first kappa shape index (κ1) is 13.3. The summed E-state index contributed by atoms with van der Waals surface area (Å²) in [6.07, 6.45) is 6.88. The van der Waals surface area contributed by atoms with Crippen LogP contribution in [0.3, 0.4) is 0 Å². The smallest absolute Gasteiger partial charge is 0.140 e. The first-order valence-electron chi connectivity index (χ1n) is 6.04. The van der Waals surface area contributed by atoms with Crippen molar-refractivity contribution in [2.75, 3.05) is 5.32 Å². The van der Waals surface area contributed by atoms with Crippen molar-refractivity contribution < 1.29 is 0 Å². The van der Waals surface area contributed by atoms with E-state index < -0.39 is 0 Å². The lowest BCUT2D eigenvalue weighted by Gasteiger charge is -2.34. The fraction of sp³-hybridized carbons (Fsp3) is 0.615. The van der Waals surface area contributed by atoms with Crippen LogP contribution in [-0.2, 0) is 0 Å². The number of nitrogens with zero attached hydrogens (tertiary/aromatic N) is 1. The summed E-state index contributed by atoms with van der Waals surface area (Å²) in [6, 6.07) is 2.59. The molecule has 1 aliphatic rings. The first-order chi connectivity index (χ1) is 7.96. The normalized spacial score (nSPS) is 20.2. The summed E-state index contributed by atoms with van der Waals surface area (Å²) in [4.78, 5) is 4.40. The Morgan fingerprint density at radius 1 is 1.29 bits per heavy atom. The van der Waals surface area contributed by atoms with Gasteiger partial charge in [0.2, 0.25) is 0 Å². The Balaban J connectivity index is 1.98. The molecule has 0 atom stereocenters. The quantitative estimate of drug-likeness (QED) is 0.802. The van der Waals surface area contributed by atoms with E-state index in [9.17, 15) is 0 Å². The van der Waals surface area contributed by atoms with Crippen LogP contribution in [0.5, 0.6) is 0 Å². The summed E-state index contributed by atoms with van der Waals surface area (Å²) in [5, 5.41) is 3.54. The molecule has 1 saturated carbocycles. The molecule has 1 heterocycles. The van der Waals surface area contributed by atoms with Crippen molar-refractivity contribution in [2.24, 2.45) is 5.41 Å². The molecule has 17 heavy (non-hydrogen) atoms. The monoisotopic (exact) mass is 360 g/mol. The molecule has 1 aromatic heterocycles. The molecule has 0 aromatic carbocycles. The number of rotatable bonds is 2. The van der Waals surface area contributed by atoms with Crippen molar-refractivity contribution in [3.05, 3.63) is 21.2 Å². The maximum absolute atomic E-state index is 4.40. The Bertz CT molecular complexity index is 394. The Kier molecular flexibility index (Phi) is 4.14. The number of nitrogens with one attached hydrogen (secondary N) is 1. The zero-order chi connectivity index (χ0) is 12.5. The van der Waals surface area contributed by atoms with E-state index in [4.69, 9.17) is 0 Å². The minimum Gasteiger partial charge on any atom is -0.366 e. The van der Waals surface area contributed by atoms with E-state index in [2.05, 4.69) is 56.0 Å². The van der Waals surface area contributed by atoms with Crippen molar-refractivity contribution >= 4 is 37.7 Å². The Labute approximate surface area is 120 Å². The molecular formula is C13H18Br2N2. The predicted octanol–water partition coefficient (Wildman–Crippen LogP) is 4.99. The van der Waals surface area contributed by atoms with Crippen molar-refractivity contribution in [2.45, 2.75) is 45.6 Å². The SMILES string of the molecule is CC1(C)CCC(Nc2ncc(Br)cc2Br)CC1. The zero-order valence-electron chi connectivity index (χ0n) is 10.3. The van der Waals surface area contributed by atoms with Crippen molar-refractivity contribution in [1.29, 1.82) is 0 Å². The summed E-state index contributed by atoms with van der Waals surface area (Å²) in [5.41, 5.74) is 0.516. The van der Waals surface area contributed by atoms with Gasteiger partial charge in [0.05, 0.1) is 4.47 Å². The van der Waals surface area contributed by atoms with E-state index in [1.54, 1.807) is 0 Å². The lowest BCUT2D eigenvalue weighted by molar-refractivity contribution is 0.232. The highest BCUT2D eigenvalue weighted by atomic mass is 79.9. The van der Waals surface area contributed by atoms with Gasteiger partial charge in [0, 0.05) is 16.7 Å². The minimum atomic E-state index is 0.516. The summed E-state index contributed by atoms with van der Waals surface area (Å²) in [6.45, 7) is 4.72. The van der Waals surface area contributed by atoms with Crippen molar-refractivity contribution in [1.82, 2.24) is 4.98 Å². The molecule has 2 rings (SSSR count). The molecule has 0 aliphatic heterocycles. The maximum Gasteiger partial charge on any atom is 0.140 e. The largest absolute Gasteiger partial charge is 0.366 e. The van der Waals surface area contributed by atoms with E-state index in [-0.39, 0.29) is 0 Å². The van der Waals surface area contributed by atoms with E-state index in [0.717, 1.165) is 14.8 Å². The van der Waals surface area contributed by atoms with Crippen LogP contribution in [0.15, 0.2) is 21.2 Å². The maximum atomic E-state index is 4.40. The van der Waals surface area contributed by atoms with Gasteiger partial charge in [-0.3, -0.25) is 0 Å². The highest BCUT2D eigenvalue weighted by Crippen LogP contribution is 2.36. The van der Waals surface area contributed by atoms with Crippen LogP contribution < -0.4 is 5.32 Å². The average Bonchev–Trinajstić information content (AvgIpc) is 2.25. The fourth-order valence-corrected chi connectivity index (χ4v) is 3.36. The Morgan fingerprint density at radius 2 is 1.94 bits per heavy atom. The van der Waals surface area contributed by atoms with Gasteiger partial charge < -0.3 is 5.32 Å². The van der Waals surface area contributed by atoms with Gasteiger partial charge in [-0.05, 0) is 69.0 Å². The van der Waals surface area contributed by atoms with Crippen LogP contribution in [0, 0.1) is 5.41 Å². The van der Waals surface area contributed by atoms with Crippen LogP contribution in [0.2, 0.25) is 0 Å². The molecule has 1 fully saturated rings. The van der Waals surface area contributed by atoms with Gasteiger partial charge in [0.25, 0.3) is 0 Å². The third-order valence-corrected chi connectivity index (χ3v) is 4.53. The number of hydrogen-bond donors (Lipinski definition) is 1. The van der Waals surface area contributed by atoms with E-state index >= 15 is 0 Å². The first-order valence-corrected chi connectivity index (χ1v) is 7.62. The van der Waals surface area contributed by atoms with Crippen LogP contribution in [-0.4, -0.2) is 11.0 Å². The van der Waals surface area contributed by atoms with Crippen LogP contribution >= 0.6 is 31.9 Å². The van der Waals surface area contributed by atoms with E-state index in [1.807, 2.05) is 12.3 Å². The standard InChI is InChI=1S/C13H18Br2N2/c1-13(2)5-3-10(4-6-13)17-12-11(15)7-9(14)8-16-12/h7-8,10H,3-6H2,1-2H3,(H,16,17). The predicted molar refractivity (Wildman–Crippen MR) is 79.3 cm³/mol. The fourth-order valence-electron chi connectivity index (χ4n) is 2.26. The highest BCUT2D eigenvalue weighted by molar-refractivity contribution is 9.11. The molecule has 4 heteroatoms. The number of halogens is 2. The van der Waals surface area contributed by atoms with Gasteiger partial charge in [-0.1, -0.05) is 13.8 Å². The molecule has 94 valence electrons. The third-order valence-electron chi connectivity index (χ3n) is 3.49. The van der Waals surface area contributed by atoms with E-state index in [0.29, 0.717) is 11.5 Å². The number of hydrogen-bond acceptors (Lipinski definition) is 2. The second-order valence-corrected chi connectivity index (χ2v) is 7.34. The van der Waals surface area contributed by atoms with Crippen LogP contribution in [0.25, 0.3) is 0 Å². The summed E-state index contributed by atoms with van der Waals surface area (Å²) in [7, 11) is 0. The lowest BCUT2D eigenvalue weighted by Crippen LogP contribution is -2.30. The number of aromatic nitrogens is 1.